The minimum atomic E-state index is -0.392. The average Bonchev–Trinajstić information content (AvgIpc) is 1.60. The van der Waals surface area contributed by atoms with Crippen molar-refractivity contribution >= 4 is 75.8 Å². The third-order valence-corrected chi connectivity index (χ3v) is 22.2. The van der Waals surface area contributed by atoms with Crippen molar-refractivity contribution in [3.05, 3.63) is 138 Å². The zero-order chi connectivity index (χ0) is 79.6. The Balaban J connectivity index is 1.01. The van der Waals surface area contributed by atoms with E-state index < -0.39 is 11.8 Å². The molecule has 0 unspecified atom stereocenters. The Morgan fingerprint density at radius 2 is 0.588 bits per heavy atom. The number of H-pyrrole nitrogens is 2. The maximum Gasteiger partial charge on any atom is 0.234 e. The maximum atomic E-state index is 12.9. The van der Waals surface area contributed by atoms with E-state index in [2.05, 4.69) is 143 Å². The van der Waals surface area contributed by atoms with Crippen molar-refractivity contribution in [3.8, 4) is 73.1 Å². The number of nitrogens with one attached hydrogen (secondary N) is 4. The molecule has 0 saturated carbocycles. The number of unbranched alkanes of at least 4 members (excludes halogenated alkanes) is 39. The van der Waals surface area contributed by atoms with Crippen LogP contribution < -0.4 is 30.6 Å². The van der Waals surface area contributed by atoms with E-state index in [1.807, 2.05) is 42.5 Å². The Kier molecular flexibility index (Phi) is 37.7. The summed E-state index contributed by atoms with van der Waals surface area (Å²) >= 11 is 0. The number of aromatic amines is 2. The van der Waals surface area contributed by atoms with E-state index in [4.69, 9.17) is 39.9 Å². The van der Waals surface area contributed by atoms with Gasteiger partial charge >= 0.3 is 0 Å². The van der Waals surface area contributed by atoms with Crippen LogP contribution in [0.25, 0.3) is 102 Å². The summed E-state index contributed by atoms with van der Waals surface area (Å²) < 4.78 is 19.5. The molecule has 114 heavy (non-hydrogen) atoms. The summed E-state index contributed by atoms with van der Waals surface area (Å²) in [7, 11) is 0. The molecule has 15 heteroatoms. The van der Waals surface area contributed by atoms with Gasteiger partial charge in [0.1, 0.15) is 17.2 Å². The molecule has 8 bridgehead atoms. The van der Waals surface area contributed by atoms with Crippen LogP contribution in [-0.2, 0) is 9.59 Å². The molecule has 8 aromatic rings. The Bertz CT molecular complexity index is 4390. The van der Waals surface area contributed by atoms with Gasteiger partial charge in [0, 0.05) is 63.9 Å². The van der Waals surface area contributed by atoms with Gasteiger partial charge < -0.3 is 29.9 Å². The molecule has 2 amide bonds. The third kappa shape index (κ3) is 28.6. The van der Waals surface area contributed by atoms with Gasteiger partial charge in [0.2, 0.25) is 23.7 Å². The molecular weight excluding hydrogens is 1410 g/mol. The van der Waals surface area contributed by atoms with Gasteiger partial charge in [-0.2, -0.15) is 15.0 Å². The average molecular weight is 1540 g/mol. The largest absolute Gasteiger partial charge is 0.494 e. The summed E-state index contributed by atoms with van der Waals surface area (Å²) in [4.78, 5) is 59.5. The first-order valence-corrected chi connectivity index (χ1v) is 44.6. The number of nitrogen functional groups attached to an aromatic ring is 1. The van der Waals surface area contributed by atoms with E-state index in [0.29, 0.717) is 53.5 Å². The van der Waals surface area contributed by atoms with E-state index >= 15 is 0 Å². The highest BCUT2D eigenvalue weighted by Crippen LogP contribution is 2.43. The summed E-state index contributed by atoms with van der Waals surface area (Å²) in [6, 6.07) is 39.2. The van der Waals surface area contributed by atoms with Gasteiger partial charge in [0.05, 0.1) is 48.1 Å². The molecule has 10 rings (SSSR count). The van der Waals surface area contributed by atoms with Gasteiger partial charge in [-0.1, -0.05) is 320 Å². The molecule has 2 aliphatic rings. The first-order valence-electron chi connectivity index (χ1n) is 44.6. The molecule has 610 valence electrons. The van der Waals surface area contributed by atoms with Crippen LogP contribution in [0.1, 0.15) is 327 Å². The quantitative estimate of drug-likeness (QED) is 0.0179. The van der Waals surface area contributed by atoms with Crippen molar-refractivity contribution in [2.75, 3.05) is 36.2 Å². The van der Waals surface area contributed by atoms with Crippen molar-refractivity contribution in [2.45, 2.75) is 304 Å². The van der Waals surface area contributed by atoms with E-state index in [9.17, 15) is 9.59 Å². The molecular formula is C99H134N10O5. The number of rotatable bonds is 55. The molecule has 0 fully saturated rings. The second kappa shape index (κ2) is 49.4. The van der Waals surface area contributed by atoms with Gasteiger partial charge in [-0.15, -0.1) is 0 Å². The number of anilines is 3. The number of fused-ring (bicyclic) bond motifs is 8. The minimum Gasteiger partial charge on any atom is -0.494 e. The van der Waals surface area contributed by atoms with Gasteiger partial charge in [0.15, 0.2) is 5.82 Å². The SMILES string of the molecule is CCCCCCCCCCCCCCCCOc1ccc(-c2c3nc(c(-c4ccc(N)cc4)c4cc(-c5nc(NC(C)=O)nc(NC(C)=O)n5)c([nH]4)c(-c4ccc(OCCCCCCCCCCCCCCCC)cc4)c4nc(c(-c5ccc(OCCCCCCCCCCCCCCCC)cc5)c5ccc2[nH]5)C=C4)C=C3)cc1. The summed E-state index contributed by atoms with van der Waals surface area (Å²) in [5, 5.41) is 5.55. The molecule has 2 aliphatic heterocycles. The van der Waals surface area contributed by atoms with Crippen LogP contribution in [-0.4, -0.2) is 66.5 Å². The summed E-state index contributed by atoms with van der Waals surface area (Å²) in [6.45, 7) is 11.6. The molecule has 4 aromatic carbocycles. The summed E-state index contributed by atoms with van der Waals surface area (Å²) in [5.41, 5.74) is 20.3. The number of hydrogen-bond acceptors (Lipinski definition) is 11. The van der Waals surface area contributed by atoms with Crippen molar-refractivity contribution in [2.24, 2.45) is 0 Å². The van der Waals surface area contributed by atoms with E-state index in [-0.39, 0.29) is 17.7 Å². The Morgan fingerprint density at radius 1 is 0.316 bits per heavy atom. The second-order valence-corrected chi connectivity index (χ2v) is 31.9. The standard InChI is InChI=1S/C99H134N10O5/c1-6-9-12-15-18-21-24-27-30-33-36-39-42-45-70-112-81-58-50-77(51-59-81)92-85-64-65-86(103-85)93(78-52-60-82(61-53-78)113-71-46-43-40-37-34-31-28-25-22-19-16-13-10-7-2)88-68-69-90(105-88)95(79-54-62-83(63-55-79)114-72-47-44-41-38-35-32-29-26-23-20-17-14-11-8-3)96-84(97-107-98(101-74(4)110)109-99(108-97)102-75(5)111)73-91(106-96)94(89-67-66-87(92)104-89)76-48-56-80(100)57-49-76/h48-69,73,103,106H,6-47,70-72,100H2,1-5H3,(H2,101,102,107,108,109,110,111). The Morgan fingerprint density at radius 3 is 0.895 bits per heavy atom. The highest BCUT2D eigenvalue weighted by molar-refractivity contribution is 6.04. The number of carbonyl (C=O) groups is 2. The van der Waals surface area contributed by atoms with Crippen LogP contribution in [0.4, 0.5) is 17.6 Å². The predicted molar refractivity (Wildman–Crippen MR) is 480 cm³/mol. The van der Waals surface area contributed by atoms with Gasteiger partial charge in [0.25, 0.3) is 0 Å². The number of benzene rings is 4. The van der Waals surface area contributed by atoms with Crippen LogP contribution in [0.5, 0.6) is 17.2 Å². The number of ether oxygens (including phenoxy) is 3. The summed E-state index contributed by atoms with van der Waals surface area (Å²) in [6.07, 6.45) is 63.0. The van der Waals surface area contributed by atoms with E-state index in [0.717, 1.165) is 123 Å². The zero-order valence-electron chi connectivity index (χ0n) is 70.0. The van der Waals surface area contributed by atoms with Crippen molar-refractivity contribution < 1.29 is 23.8 Å². The van der Waals surface area contributed by atoms with Crippen LogP contribution in [0.3, 0.4) is 0 Å². The van der Waals surface area contributed by atoms with Crippen LogP contribution in [0, 0.1) is 0 Å². The van der Waals surface area contributed by atoms with Crippen molar-refractivity contribution in [1.82, 2.24) is 34.9 Å². The zero-order valence-corrected chi connectivity index (χ0v) is 70.0. The Labute approximate surface area is 682 Å². The number of hydrogen-bond donors (Lipinski definition) is 5. The lowest BCUT2D eigenvalue weighted by Gasteiger charge is -2.11. The highest BCUT2D eigenvalue weighted by atomic mass is 16.5. The fourth-order valence-electron chi connectivity index (χ4n) is 15.9. The lowest BCUT2D eigenvalue weighted by atomic mass is 10.0. The normalized spacial score (nSPS) is 11.8. The smallest absolute Gasteiger partial charge is 0.234 e. The fraction of sp³-hybridized carbons (Fsp3) is 0.505. The van der Waals surface area contributed by atoms with Crippen LogP contribution >= 0.6 is 0 Å². The monoisotopic (exact) mass is 1540 g/mol. The van der Waals surface area contributed by atoms with Crippen LogP contribution in [0.15, 0.2) is 115 Å². The third-order valence-electron chi connectivity index (χ3n) is 22.2. The predicted octanol–water partition coefficient (Wildman–Crippen LogP) is 28.3. The van der Waals surface area contributed by atoms with Gasteiger partial charge in [-0.25, -0.2) is 9.97 Å². The maximum absolute atomic E-state index is 12.9. The number of amides is 2. The first-order chi connectivity index (χ1) is 56.0. The first kappa shape index (κ1) is 87.0. The number of nitrogens with zero attached hydrogens (tertiary/aromatic N) is 5. The lowest BCUT2D eigenvalue weighted by Crippen LogP contribution is -2.15. The molecule has 6 heterocycles. The van der Waals surface area contributed by atoms with Gasteiger partial charge in [-0.05, 0) is 133 Å². The van der Waals surface area contributed by atoms with E-state index in [1.165, 1.54) is 245 Å². The highest BCUT2D eigenvalue weighted by Gasteiger charge is 2.24. The van der Waals surface area contributed by atoms with Crippen LogP contribution in [0.2, 0.25) is 0 Å². The van der Waals surface area contributed by atoms with E-state index in [1.54, 1.807) is 0 Å². The topological polar surface area (TPSA) is 208 Å². The van der Waals surface area contributed by atoms with Gasteiger partial charge in [-0.3, -0.25) is 20.2 Å². The summed E-state index contributed by atoms with van der Waals surface area (Å²) in [5.74, 6) is 1.74. The van der Waals surface area contributed by atoms with Crippen molar-refractivity contribution in [3.63, 3.8) is 0 Å². The fourth-order valence-corrected chi connectivity index (χ4v) is 15.9. The number of aromatic nitrogens is 7. The lowest BCUT2D eigenvalue weighted by molar-refractivity contribution is -0.115. The molecule has 6 N–H and O–H groups in total. The van der Waals surface area contributed by atoms with Crippen molar-refractivity contribution in [1.29, 1.82) is 0 Å². The minimum absolute atomic E-state index is 0.0349. The molecule has 15 nitrogen and oxygen atoms in total. The molecule has 0 radical (unpaired) electrons. The molecule has 0 saturated heterocycles. The molecule has 4 aromatic heterocycles. The Hall–Kier alpha value is -9.37. The molecule has 0 atom stereocenters. The molecule has 0 spiro atoms. The number of nitrogens with two attached hydrogens (primary N) is 1. The number of carbonyl (C=O) groups excluding carboxylic acids is 2. The second-order valence-electron chi connectivity index (χ2n) is 31.9. The molecule has 0 aliphatic carbocycles.